The van der Waals surface area contributed by atoms with Crippen LogP contribution in [0.25, 0.3) is 5.69 Å². The molecule has 1 fully saturated rings. The van der Waals surface area contributed by atoms with Crippen molar-refractivity contribution in [1.82, 2.24) is 14.7 Å². The molecule has 2 heterocycles. The van der Waals surface area contributed by atoms with E-state index in [4.69, 9.17) is 16.3 Å². The molecule has 1 aliphatic heterocycles. The van der Waals surface area contributed by atoms with E-state index in [-0.39, 0.29) is 17.3 Å². The van der Waals surface area contributed by atoms with Gasteiger partial charge in [-0.2, -0.15) is 9.78 Å². The number of carbonyl (C=O) groups is 1. The van der Waals surface area contributed by atoms with Crippen molar-refractivity contribution < 1.29 is 9.53 Å². The second-order valence-corrected chi connectivity index (χ2v) is 9.49. The molecule has 1 aliphatic rings. The Labute approximate surface area is 220 Å². The minimum absolute atomic E-state index is 0.00866. The fraction of sp³-hybridized carbons (Fsp3) is 0.207. The van der Waals surface area contributed by atoms with E-state index in [0.29, 0.717) is 27.7 Å². The topological polar surface area (TPSA) is 76.5 Å². The highest BCUT2D eigenvalue weighted by Gasteiger charge is 2.20. The Bertz CT molecular complexity index is 1490. The Hall–Kier alpha value is -4.10. The van der Waals surface area contributed by atoms with E-state index in [0.717, 1.165) is 37.9 Å². The highest BCUT2D eigenvalue weighted by molar-refractivity contribution is 6.30. The number of nitrogens with zero attached hydrogens (tertiary/aromatic N) is 3. The van der Waals surface area contributed by atoms with Gasteiger partial charge in [0.15, 0.2) is 11.4 Å². The van der Waals surface area contributed by atoms with E-state index in [1.54, 1.807) is 42.5 Å². The Balaban J connectivity index is 1.53. The molecule has 1 aromatic heterocycles. The fourth-order valence-corrected chi connectivity index (χ4v) is 4.57. The summed E-state index contributed by atoms with van der Waals surface area (Å²) >= 11 is 6.13. The van der Waals surface area contributed by atoms with E-state index in [2.05, 4.69) is 10.4 Å². The summed E-state index contributed by atoms with van der Waals surface area (Å²) in [4.78, 5) is 28.6. The number of piperidine rings is 1. The van der Waals surface area contributed by atoms with Gasteiger partial charge in [0.05, 0.1) is 11.9 Å². The van der Waals surface area contributed by atoms with Crippen molar-refractivity contribution in [1.29, 1.82) is 0 Å². The number of rotatable bonds is 6. The van der Waals surface area contributed by atoms with Crippen molar-refractivity contribution in [2.45, 2.75) is 26.2 Å². The fourth-order valence-electron chi connectivity index (χ4n) is 4.39. The summed E-state index contributed by atoms with van der Waals surface area (Å²) in [5, 5.41) is 8.07. The maximum Gasteiger partial charge on any atom is 0.299 e. The van der Waals surface area contributed by atoms with Gasteiger partial charge in [-0.05, 0) is 80.3 Å². The molecular weight excluding hydrogens is 488 g/mol. The molecule has 188 valence electrons. The van der Waals surface area contributed by atoms with Gasteiger partial charge in [0.2, 0.25) is 0 Å². The molecule has 4 aromatic rings. The summed E-state index contributed by atoms with van der Waals surface area (Å²) < 4.78 is 7.36. The summed E-state index contributed by atoms with van der Waals surface area (Å²) in [6, 6.07) is 21.6. The van der Waals surface area contributed by atoms with Crippen LogP contribution in [-0.4, -0.2) is 33.7 Å². The molecule has 0 spiro atoms. The third kappa shape index (κ3) is 5.67. The molecule has 0 bridgehead atoms. The van der Waals surface area contributed by atoms with Crippen LogP contribution < -0.4 is 15.6 Å². The number of nitrogens with one attached hydrogen (secondary N) is 1. The predicted octanol–water partition coefficient (Wildman–Crippen LogP) is 6.36. The quantitative estimate of drug-likeness (QED) is 0.324. The van der Waals surface area contributed by atoms with Gasteiger partial charge in [0.1, 0.15) is 5.75 Å². The molecule has 0 radical (unpaired) electrons. The van der Waals surface area contributed by atoms with Gasteiger partial charge in [-0.15, -0.1) is 0 Å². The van der Waals surface area contributed by atoms with E-state index >= 15 is 0 Å². The summed E-state index contributed by atoms with van der Waals surface area (Å²) in [6.45, 7) is 3.48. The Kier molecular flexibility index (Phi) is 7.23. The molecule has 1 amide bonds. The molecule has 1 N–H and O–H groups in total. The number of aromatic nitrogens is 2. The predicted molar refractivity (Wildman–Crippen MR) is 146 cm³/mol. The maximum absolute atomic E-state index is 13.7. The van der Waals surface area contributed by atoms with Crippen molar-refractivity contribution in [3.63, 3.8) is 0 Å². The lowest BCUT2D eigenvalue weighted by Gasteiger charge is -2.26. The second kappa shape index (κ2) is 10.9. The highest BCUT2D eigenvalue weighted by atomic mass is 35.5. The van der Waals surface area contributed by atoms with Crippen LogP contribution >= 0.6 is 11.6 Å². The summed E-state index contributed by atoms with van der Waals surface area (Å²) in [5.41, 5.74) is 2.60. The number of anilines is 2. The number of benzene rings is 3. The Morgan fingerprint density at radius 2 is 1.76 bits per heavy atom. The standard InChI is InChI=1S/C29H27ClN4O3/c1-20-8-5-12-24(16-20)34-29(36)27(26(19-31-34)37-25-13-7-10-22(30)18-25)32-23-11-6-9-21(17-23)28(35)33-14-3-2-4-15-33/h5-13,16-19,32H,2-4,14-15H2,1H3. The first kappa shape index (κ1) is 24.6. The van der Waals surface area contributed by atoms with Gasteiger partial charge in [-0.25, -0.2) is 0 Å². The van der Waals surface area contributed by atoms with Gasteiger partial charge < -0.3 is 15.0 Å². The molecule has 5 rings (SSSR count). The van der Waals surface area contributed by atoms with Crippen molar-refractivity contribution in [3.05, 3.63) is 105 Å². The largest absolute Gasteiger partial charge is 0.453 e. The van der Waals surface area contributed by atoms with Crippen LogP contribution in [0.1, 0.15) is 35.2 Å². The minimum Gasteiger partial charge on any atom is -0.453 e. The third-order valence-corrected chi connectivity index (χ3v) is 6.47. The first-order chi connectivity index (χ1) is 18.0. The average Bonchev–Trinajstić information content (AvgIpc) is 2.91. The third-order valence-electron chi connectivity index (χ3n) is 6.24. The molecule has 0 saturated carbocycles. The number of hydrogen-bond acceptors (Lipinski definition) is 5. The highest BCUT2D eigenvalue weighted by Crippen LogP contribution is 2.30. The van der Waals surface area contributed by atoms with Crippen LogP contribution in [0.15, 0.2) is 83.8 Å². The van der Waals surface area contributed by atoms with Gasteiger partial charge >= 0.3 is 0 Å². The minimum atomic E-state index is -0.391. The number of hydrogen-bond donors (Lipinski definition) is 1. The smallest absolute Gasteiger partial charge is 0.299 e. The molecule has 3 aromatic carbocycles. The monoisotopic (exact) mass is 514 g/mol. The first-order valence-corrected chi connectivity index (χ1v) is 12.6. The van der Waals surface area contributed by atoms with E-state index in [1.807, 2.05) is 42.2 Å². The Morgan fingerprint density at radius 3 is 2.54 bits per heavy atom. The summed E-state index contributed by atoms with van der Waals surface area (Å²) in [6.07, 6.45) is 4.68. The lowest BCUT2D eigenvalue weighted by Crippen LogP contribution is -2.35. The normalized spacial score (nSPS) is 13.3. The summed E-state index contributed by atoms with van der Waals surface area (Å²) in [7, 11) is 0. The molecule has 1 saturated heterocycles. The van der Waals surface area contributed by atoms with E-state index in [1.165, 1.54) is 10.9 Å². The number of aryl methyl sites for hydroxylation is 1. The van der Waals surface area contributed by atoms with E-state index < -0.39 is 5.56 Å². The molecule has 0 atom stereocenters. The zero-order valence-corrected chi connectivity index (χ0v) is 21.2. The van der Waals surface area contributed by atoms with Crippen molar-refractivity contribution in [3.8, 4) is 17.2 Å². The van der Waals surface area contributed by atoms with E-state index in [9.17, 15) is 9.59 Å². The number of carbonyl (C=O) groups excluding carboxylic acids is 1. The maximum atomic E-state index is 13.7. The van der Waals surface area contributed by atoms with Gasteiger partial charge in [-0.3, -0.25) is 9.59 Å². The summed E-state index contributed by atoms with van der Waals surface area (Å²) in [5.74, 6) is 0.702. The van der Waals surface area contributed by atoms with Crippen LogP contribution in [0, 0.1) is 6.92 Å². The van der Waals surface area contributed by atoms with Gasteiger partial charge in [-0.1, -0.05) is 35.9 Å². The number of ether oxygens (including phenoxy) is 1. The van der Waals surface area contributed by atoms with Gasteiger partial charge in [0, 0.05) is 29.4 Å². The molecule has 0 aliphatic carbocycles. The van der Waals surface area contributed by atoms with Crippen LogP contribution in [-0.2, 0) is 0 Å². The second-order valence-electron chi connectivity index (χ2n) is 9.06. The lowest BCUT2D eigenvalue weighted by molar-refractivity contribution is 0.0724. The van der Waals surface area contributed by atoms with Crippen molar-refractivity contribution in [2.24, 2.45) is 0 Å². The van der Waals surface area contributed by atoms with Gasteiger partial charge in [0.25, 0.3) is 11.5 Å². The van der Waals surface area contributed by atoms with Crippen molar-refractivity contribution >= 4 is 28.9 Å². The average molecular weight is 515 g/mol. The molecular formula is C29H27ClN4O3. The SMILES string of the molecule is Cc1cccc(-n2ncc(Oc3cccc(Cl)c3)c(Nc3cccc(C(=O)N4CCCCC4)c3)c2=O)c1. The van der Waals surface area contributed by atoms with Crippen LogP contribution in [0.3, 0.4) is 0 Å². The zero-order valence-electron chi connectivity index (χ0n) is 20.5. The number of amides is 1. The Morgan fingerprint density at radius 1 is 0.973 bits per heavy atom. The van der Waals surface area contributed by atoms with Crippen molar-refractivity contribution in [2.75, 3.05) is 18.4 Å². The van der Waals surface area contributed by atoms with Crippen LogP contribution in [0.4, 0.5) is 11.4 Å². The van der Waals surface area contributed by atoms with Crippen LogP contribution in [0.2, 0.25) is 5.02 Å². The first-order valence-electron chi connectivity index (χ1n) is 12.3. The lowest BCUT2D eigenvalue weighted by atomic mass is 10.1. The number of halogens is 1. The molecule has 37 heavy (non-hydrogen) atoms. The zero-order chi connectivity index (χ0) is 25.8. The molecule has 0 unspecified atom stereocenters. The molecule has 8 heteroatoms. The molecule has 7 nitrogen and oxygen atoms in total. The number of likely N-dealkylation sites (tertiary alicyclic amines) is 1. The van der Waals surface area contributed by atoms with Crippen LogP contribution in [0.5, 0.6) is 11.5 Å².